The van der Waals surface area contributed by atoms with Gasteiger partial charge in [-0.05, 0) is 38.1 Å². The van der Waals surface area contributed by atoms with E-state index in [2.05, 4.69) is 26.0 Å². The Morgan fingerprint density at radius 1 is 1.27 bits per heavy atom. The van der Waals surface area contributed by atoms with Gasteiger partial charge in [0.05, 0.1) is 25.6 Å². The van der Waals surface area contributed by atoms with Gasteiger partial charge in [0.1, 0.15) is 36.1 Å². The highest BCUT2D eigenvalue weighted by Gasteiger charge is 2.34. The number of nitrogens with two attached hydrogens (primary N) is 1. The third-order valence-electron chi connectivity index (χ3n) is 4.81. The maximum Gasteiger partial charge on any atom is 0.342 e. The SMILES string of the molecule is C#C[C@H](Cn1cnc2c(N)ncnc21)OCP(=O)(NC(COC)C(=O)OC(C)C)Oc1ccc(Cl)cc1. The number of halogens is 1. The third kappa shape index (κ3) is 7.89. The Morgan fingerprint density at radius 3 is 2.65 bits per heavy atom. The Kier molecular flexibility index (Phi) is 9.86. The Balaban J connectivity index is 1.81. The number of rotatable bonds is 13. The van der Waals surface area contributed by atoms with Crippen LogP contribution in [0.5, 0.6) is 5.75 Å². The van der Waals surface area contributed by atoms with Crippen molar-refractivity contribution in [3.8, 4) is 18.1 Å². The molecule has 12 nitrogen and oxygen atoms in total. The summed E-state index contributed by atoms with van der Waals surface area (Å²) >= 11 is 5.95. The normalized spacial score (nSPS) is 14.6. The summed E-state index contributed by atoms with van der Waals surface area (Å²) in [7, 11) is -2.51. The number of benzene rings is 1. The van der Waals surface area contributed by atoms with E-state index in [9.17, 15) is 9.36 Å². The van der Waals surface area contributed by atoms with Crippen LogP contribution in [-0.4, -0.2) is 63.8 Å². The fourth-order valence-electron chi connectivity index (χ4n) is 3.18. The molecule has 3 N–H and O–H groups in total. The van der Waals surface area contributed by atoms with Gasteiger partial charge in [-0.3, -0.25) is 9.36 Å². The fourth-order valence-corrected chi connectivity index (χ4v) is 4.98. The first-order chi connectivity index (χ1) is 17.6. The third-order valence-corrected chi connectivity index (χ3v) is 6.76. The van der Waals surface area contributed by atoms with Crippen molar-refractivity contribution in [2.24, 2.45) is 0 Å². The van der Waals surface area contributed by atoms with E-state index in [-0.39, 0.29) is 24.7 Å². The van der Waals surface area contributed by atoms with E-state index in [4.69, 9.17) is 42.5 Å². The minimum absolute atomic E-state index is 0.125. The van der Waals surface area contributed by atoms with E-state index in [0.29, 0.717) is 16.2 Å². The molecule has 0 fully saturated rings. The Labute approximate surface area is 219 Å². The number of methoxy groups -OCH3 is 1. The number of nitrogens with one attached hydrogen (secondary N) is 1. The van der Waals surface area contributed by atoms with Crippen molar-refractivity contribution in [2.75, 3.05) is 25.8 Å². The lowest BCUT2D eigenvalue weighted by Gasteiger charge is -2.26. The van der Waals surface area contributed by atoms with Crippen molar-refractivity contribution >= 4 is 42.1 Å². The molecular weight excluding hydrogens is 523 g/mol. The Morgan fingerprint density at radius 2 is 2.00 bits per heavy atom. The highest BCUT2D eigenvalue weighted by atomic mass is 35.5. The van der Waals surface area contributed by atoms with Crippen LogP contribution in [0.25, 0.3) is 11.2 Å². The summed E-state index contributed by atoms with van der Waals surface area (Å²) in [4.78, 5) is 24.9. The molecule has 0 radical (unpaired) electrons. The van der Waals surface area contributed by atoms with Crippen LogP contribution in [0.15, 0.2) is 36.9 Å². The summed E-state index contributed by atoms with van der Waals surface area (Å²) in [6.45, 7) is 3.40. The molecule has 2 aromatic heterocycles. The standard InChI is InChI=1S/C23H28ClN6O6P/c1-5-17(10-30-13-28-20-21(25)26-12-27-22(20)30)34-14-37(32,36-18-8-6-16(24)7-9-18)29-19(11-33-4)23(31)35-15(2)3/h1,6-9,12-13,15,17,19H,10-11,14H2,2-4H3,(H,29,32)(H2,25,26,27)/t17-,19?,37?/m1/s1. The van der Waals surface area contributed by atoms with Gasteiger partial charge in [0.15, 0.2) is 11.5 Å². The lowest BCUT2D eigenvalue weighted by atomic mass is 10.3. The predicted octanol–water partition coefficient (Wildman–Crippen LogP) is 2.87. The van der Waals surface area contributed by atoms with Gasteiger partial charge in [0.25, 0.3) is 0 Å². The van der Waals surface area contributed by atoms with Crippen LogP contribution in [0, 0.1) is 12.3 Å². The monoisotopic (exact) mass is 550 g/mol. The van der Waals surface area contributed by atoms with Crippen LogP contribution >= 0.6 is 19.1 Å². The first kappa shape index (κ1) is 28.4. The molecule has 0 bridgehead atoms. The zero-order valence-electron chi connectivity index (χ0n) is 20.5. The average Bonchev–Trinajstić information content (AvgIpc) is 3.26. The Bertz CT molecular complexity index is 1300. The van der Waals surface area contributed by atoms with Crippen LogP contribution < -0.4 is 15.3 Å². The largest absolute Gasteiger partial charge is 0.462 e. The second kappa shape index (κ2) is 12.9. The van der Waals surface area contributed by atoms with E-state index < -0.39 is 38.1 Å². The number of nitrogen functional groups attached to an aromatic ring is 1. The van der Waals surface area contributed by atoms with Crippen LogP contribution in [0.2, 0.25) is 5.02 Å². The summed E-state index contributed by atoms with van der Waals surface area (Å²) in [5.74, 6) is 2.31. The number of imidazole rings is 1. The summed E-state index contributed by atoms with van der Waals surface area (Å²) < 4.78 is 37.6. The zero-order chi connectivity index (χ0) is 27.0. The molecular formula is C23H28ClN6O6P. The fraction of sp³-hybridized carbons (Fsp3) is 0.391. The van der Waals surface area contributed by atoms with Crippen LogP contribution in [-0.2, 0) is 30.1 Å². The topological polar surface area (TPSA) is 153 Å². The maximum absolute atomic E-state index is 13.9. The number of anilines is 1. The number of esters is 1. The number of terminal acetylenes is 1. The number of aromatic nitrogens is 4. The molecule has 0 saturated heterocycles. The minimum Gasteiger partial charge on any atom is -0.462 e. The van der Waals surface area contributed by atoms with E-state index in [1.807, 2.05) is 0 Å². The van der Waals surface area contributed by atoms with E-state index >= 15 is 0 Å². The van der Waals surface area contributed by atoms with Crippen molar-refractivity contribution in [3.63, 3.8) is 0 Å². The van der Waals surface area contributed by atoms with Gasteiger partial charge >= 0.3 is 13.5 Å². The molecule has 0 saturated carbocycles. The summed E-state index contributed by atoms with van der Waals surface area (Å²) in [5.41, 5.74) is 6.72. The molecule has 0 spiro atoms. The van der Waals surface area contributed by atoms with Gasteiger partial charge < -0.3 is 29.0 Å². The van der Waals surface area contributed by atoms with E-state index in [0.717, 1.165) is 0 Å². The van der Waals surface area contributed by atoms with E-state index in [1.165, 1.54) is 31.9 Å². The molecule has 3 aromatic rings. The van der Waals surface area contributed by atoms with Crippen LogP contribution in [0.4, 0.5) is 5.82 Å². The van der Waals surface area contributed by atoms with Gasteiger partial charge in [0.2, 0.25) is 0 Å². The van der Waals surface area contributed by atoms with Crippen LogP contribution in [0.3, 0.4) is 0 Å². The number of fused-ring (bicyclic) bond motifs is 1. The van der Waals surface area contributed by atoms with E-state index in [1.54, 1.807) is 30.5 Å². The van der Waals surface area contributed by atoms with Crippen molar-refractivity contribution in [3.05, 3.63) is 41.9 Å². The van der Waals surface area contributed by atoms with Gasteiger partial charge in [-0.15, -0.1) is 6.42 Å². The zero-order valence-corrected chi connectivity index (χ0v) is 22.2. The van der Waals surface area contributed by atoms with Crippen molar-refractivity contribution in [1.82, 2.24) is 24.6 Å². The smallest absolute Gasteiger partial charge is 0.342 e. The maximum atomic E-state index is 13.9. The highest BCUT2D eigenvalue weighted by molar-refractivity contribution is 7.57. The number of hydrogen-bond donors (Lipinski definition) is 2. The molecule has 198 valence electrons. The van der Waals surface area contributed by atoms with Crippen molar-refractivity contribution in [2.45, 2.75) is 38.6 Å². The molecule has 14 heteroatoms. The summed E-state index contributed by atoms with van der Waals surface area (Å²) in [5, 5.41) is 3.19. The molecule has 37 heavy (non-hydrogen) atoms. The predicted molar refractivity (Wildman–Crippen MR) is 138 cm³/mol. The molecule has 3 rings (SSSR count). The van der Waals surface area contributed by atoms with Gasteiger partial charge in [-0.25, -0.2) is 20.0 Å². The second-order valence-electron chi connectivity index (χ2n) is 8.12. The number of nitrogens with zero attached hydrogens (tertiary/aromatic N) is 4. The minimum atomic E-state index is -3.91. The molecule has 1 aromatic carbocycles. The molecule has 0 aliphatic rings. The average molecular weight is 551 g/mol. The first-order valence-electron chi connectivity index (χ1n) is 11.1. The van der Waals surface area contributed by atoms with Gasteiger partial charge in [0, 0.05) is 12.1 Å². The molecule has 0 aliphatic carbocycles. The molecule has 0 aliphatic heterocycles. The highest BCUT2D eigenvalue weighted by Crippen LogP contribution is 2.44. The molecule has 2 heterocycles. The van der Waals surface area contributed by atoms with Crippen molar-refractivity contribution < 1.29 is 28.1 Å². The summed E-state index contributed by atoms with van der Waals surface area (Å²) in [6.07, 6.45) is 6.77. The van der Waals surface area contributed by atoms with Crippen LogP contribution in [0.1, 0.15) is 13.8 Å². The van der Waals surface area contributed by atoms with Gasteiger partial charge in [-0.2, -0.15) is 0 Å². The number of carbonyl (C=O) groups is 1. The lowest BCUT2D eigenvalue weighted by molar-refractivity contribution is -0.150. The molecule has 2 unspecified atom stereocenters. The number of carbonyl (C=O) groups excluding carboxylic acids is 1. The van der Waals surface area contributed by atoms with Gasteiger partial charge in [-0.1, -0.05) is 17.5 Å². The molecule has 0 amide bonds. The number of hydrogen-bond acceptors (Lipinski definition) is 10. The quantitative estimate of drug-likeness (QED) is 0.183. The second-order valence-corrected chi connectivity index (χ2v) is 10.6. The first-order valence-corrected chi connectivity index (χ1v) is 13.3. The summed E-state index contributed by atoms with van der Waals surface area (Å²) in [6, 6.07) is 5.12. The molecule has 3 atom stereocenters. The lowest BCUT2D eigenvalue weighted by Crippen LogP contribution is -2.42. The van der Waals surface area contributed by atoms with Crippen molar-refractivity contribution in [1.29, 1.82) is 0 Å². The Hall–Kier alpha value is -3.20. The number of ether oxygens (including phenoxy) is 3.